The number of carboxylic acids is 1. The van der Waals surface area contributed by atoms with E-state index in [1.54, 1.807) is 0 Å². The van der Waals surface area contributed by atoms with Crippen molar-refractivity contribution in [2.24, 2.45) is 0 Å². The Labute approximate surface area is 122 Å². The van der Waals surface area contributed by atoms with Gasteiger partial charge in [-0.25, -0.2) is 9.59 Å². The molecule has 0 heterocycles. The maximum atomic E-state index is 11.3. The van der Waals surface area contributed by atoms with E-state index in [2.05, 4.69) is 5.32 Å². The van der Waals surface area contributed by atoms with Gasteiger partial charge < -0.3 is 15.2 Å². The minimum Gasteiger partial charge on any atom is -0.480 e. The second-order valence-corrected chi connectivity index (χ2v) is 5.20. The highest BCUT2D eigenvalue weighted by molar-refractivity contribution is 7.98. The lowest BCUT2D eigenvalue weighted by atomic mass is 10.2. The number of rotatable bonds is 8. The average Bonchev–Trinajstić information content (AvgIpc) is 2.45. The highest BCUT2D eigenvalue weighted by Gasteiger charge is 2.20. The molecule has 110 valence electrons. The van der Waals surface area contributed by atoms with E-state index in [1.165, 1.54) is 11.8 Å². The van der Waals surface area contributed by atoms with Gasteiger partial charge in [-0.3, -0.25) is 0 Å². The smallest absolute Gasteiger partial charge is 0.407 e. The van der Waals surface area contributed by atoms with E-state index < -0.39 is 18.1 Å². The highest BCUT2D eigenvalue weighted by Crippen LogP contribution is 2.13. The third-order valence-electron chi connectivity index (χ3n) is 2.42. The van der Waals surface area contributed by atoms with Crippen LogP contribution in [0.3, 0.4) is 0 Å². The lowest BCUT2D eigenvalue weighted by Gasteiger charge is -2.14. The summed E-state index contributed by atoms with van der Waals surface area (Å²) < 4.78 is 4.81. The molecular weight excluding hydrogens is 278 g/mol. The molecular formula is C14H19NO4S. The first kappa shape index (κ1) is 16.4. The number of amides is 1. The van der Waals surface area contributed by atoms with E-state index in [-0.39, 0.29) is 6.61 Å². The van der Waals surface area contributed by atoms with Gasteiger partial charge in [-0.15, -0.1) is 0 Å². The van der Waals surface area contributed by atoms with Gasteiger partial charge in [0.2, 0.25) is 0 Å². The quantitative estimate of drug-likeness (QED) is 0.771. The Balaban J connectivity index is 2.35. The van der Waals surface area contributed by atoms with Crippen LogP contribution in [0, 0.1) is 0 Å². The fourth-order valence-electron chi connectivity index (χ4n) is 1.42. The Morgan fingerprint density at radius 3 is 2.65 bits per heavy atom. The number of nitrogens with one attached hydrogen (secondary N) is 1. The molecule has 1 atom stereocenters. The summed E-state index contributed by atoms with van der Waals surface area (Å²) in [6.07, 6.45) is 0.0213. The number of alkyl carbamates (subject to hydrolysis) is 1. The molecule has 6 heteroatoms. The molecule has 0 saturated carbocycles. The molecule has 1 rings (SSSR count). The van der Waals surface area contributed by atoms with E-state index >= 15 is 0 Å². The molecule has 1 aromatic rings. The van der Waals surface area contributed by atoms with E-state index in [9.17, 15) is 9.59 Å². The predicted octanol–water partition coefficient (Wildman–Crippen LogP) is 2.51. The van der Waals surface area contributed by atoms with Crippen molar-refractivity contribution in [2.75, 3.05) is 12.4 Å². The van der Waals surface area contributed by atoms with Crippen molar-refractivity contribution >= 4 is 23.8 Å². The van der Waals surface area contributed by atoms with Crippen LogP contribution in [-0.2, 0) is 15.3 Å². The number of carbonyl (C=O) groups excluding carboxylic acids is 1. The summed E-state index contributed by atoms with van der Waals surface area (Å²) in [6, 6.07) is 8.82. The molecule has 0 aliphatic carbocycles. The van der Waals surface area contributed by atoms with Crippen molar-refractivity contribution in [1.82, 2.24) is 5.32 Å². The second kappa shape index (κ2) is 9.25. The number of hydrogen-bond acceptors (Lipinski definition) is 4. The first-order valence-corrected chi connectivity index (χ1v) is 7.56. The molecule has 2 N–H and O–H groups in total. The summed E-state index contributed by atoms with van der Waals surface area (Å²) in [5.74, 6) is -0.0547. The number of aliphatic carboxylic acids is 1. The van der Waals surface area contributed by atoms with Crippen molar-refractivity contribution < 1.29 is 19.4 Å². The van der Waals surface area contributed by atoms with Crippen molar-refractivity contribution in [3.05, 3.63) is 35.9 Å². The number of carbonyl (C=O) groups is 2. The van der Waals surface area contributed by atoms with E-state index in [0.29, 0.717) is 17.9 Å². The molecule has 0 saturated heterocycles. The first-order chi connectivity index (χ1) is 9.63. The topological polar surface area (TPSA) is 75.6 Å². The van der Waals surface area contributed by atoms with E-state index in [0.717, 1.165) is 5.56 Å². The minimum absolute atomic E-state index is 0.287. The van der Waals surface area contributed by atoms with Crippen LogP contribution in [0.2, 0.25) is 0 Å². The molecule has 1 aromatic carbocycles. The van der Waals surface area contributed by atoms with Gasteiger partial charge >= 0.3 is 12.1 Å². The van der Waals surface area contributed by atoms with Crippen LogP contribution in [0.5, 0.6) is 0 Å². The van der Waals surface area contributed by atoms with Gasteiger partial charge in [0.05, 0.1) is 6.61 Å². The Bertz CT molecular complexity index is 424. The summed E-state index contributed by atoms with van der Waals surface area (Å²) in [7, 11) is 0. The van der Waals surface area contributed by atoms with Gasteiger partial charge in [-0.2, -0.15) is 11.8 Å². The van der Waals surface area contributed by atoms with Crippen LogP contribution in [0.1, 0.15) is 18.9 Å². The van der Waals surface area contributed by atoms with Gasteiger partial charge in [0, 0.05) is 11.5 Å². The summed E-state index contributed by atoms with van der Waals surface area (Å²) >= 11 is 1.46. The SMILES string of the molecule is CCCOC(=O)N[C@@H](CSCc1ccccc1)C(=O)O. The zero-order chi connectivity index (χ0) is 14.8. The molecule has 0 fully saturated rings. The zero-order valence-corrected chi connectivity index (χ0v) is 12.2. The largest absolute Gasteiger partial charge is 0.480 e. The molecule has 0 radical (unpaired) electrons. The normalized spacial score (nSPS) is 11.7. The zero-order valence-electron chi connectivity index (χ0n) is 11.4. The Hall–Kier alpha value is -1.69. The Morgan fingerprint density at radius 2 is 2.05 bits per heavy atom. The summed E-state index contributed by atoms with van der Waals surface area (Å²) in [5, 5.41) is 11.4. The minimum atomic E-state index is -1.06. The van der Waals surface area contributed by atoms with Crippen molar-refractivity contribution in [1.29, 1.82) is 0 Å². The van der Waals surface area contributed by atoms with Crippen LogP contribution >= 0.6 is 11.8 Å². The molecule has 5 nitrogen and oxygen atoms in total. The average molecular weight is 297 g/mol. The van der Waals surface area contributed by atoms with E-state index in [4.69, 9.17) is 9.84 Å². The molecule has 0 aliphatic heterocycles. The monoisotopic (exact) mass is 297 g/mol. The lowest BCUT2D eigenvalue weighted by molar-refractivity contribution is -0.138. The Morgan fingerprint density at radius 1 is 1.35 bits per heavy atom. The van der Waals surface area contributed by atoms with Crippen LogP contribution in [-0.4, -0.2) is 35.6 Å². The summed E-state index contributed by atoms with van der Waals surface area (Å²) in [6.45, 7) is 2.16. The Kier molecular flexibility index (Phi) is 7.57. The highest BCUT2D eigenvalue weighted by atomic mass is 32.2. The summed E-state index contributed by atoms with van der Waals surface area (Å²) in [5.41, 5.74) is 1.12. The molecule has 0 spiro atoms. The number of hydrogen-bond donors (Lipinski definition) is 2. The maximum Gasteiger partial charge on any atom is 0.407 e. The van der Waals surface area contributed by atoms with Crippen molar-refractivity contribution in [3.8, 4) is 0 Å². The van der Waals surface area contributed by atoms with Crippen LogP contribution < -0.4 is 5.32 Å². The second-order valence-electron chi connectivity index (χ2n) is 4.17. The maximum absolute atomic E-state index is 11.3. The van der Waals surface area contributed by atoms with Gasteiger partial charge in [0.25, 0.3) is 0 Å². The van der Waals surface area contributed by atoms with Crippen LogP contribution in [0.15, 0.2) is 30.3 Å². The summed E-state index contributed by atoms with van der Waals surface area (Å²) in [4.78, 5) is 22.4. The third kappa shape index (κ3) is 6.47. The molecule has 0 bridgehead atoms. The fraction of sp³-hybridized carbons (Fsp3) is 0.429. The van der Waals surface area contributed by atoms with Gasteiger partial charge in [0.1, 0.15) is 6.04 Å². The van der Waals surface area contributed by atoms with Crippen molar-refractivity contribution in [3.63, 3.8) is 0 Å². The van der Waals surface area contributed by atoms with Gasteiger partial charge in [-0.1, -0.05) is 37.3 Å². The molecule has 0 aliphatic rings. The number of ether oxygens (including phenoxy) is 1. The van der Waals surface area contributed by atoms with E-state index in [1.807, 2.05) is 37.3 Å². The fourth-order valence-corrected chi connectivity index (χ4v) is 2.43. The van der Waals surface area contributed by atoms with Gasteiger partial charge in [0.15, 0.2) is 0 Å². The van der Waals surface area contributed by atoms with Gasteiger partial charge in [-0.05, 0) is 12.0 Å². The standard InChI is InChI=1S/C14H19NO4S/c1-2-8-19-14(18)15-12(13(16)17)10-20-9-11-6-4-3-5-7-11/h3-7,12H,2,8-10H2,1H3,(H,15,18)(H,16,17)/t12-/m0/s1. The number of benzene rings is 1. The number of thioether (sulfide) groups is 1. The van der Waals surface area contributed by atoms with Crippen LogP contribution in [0.4, 0.5) is 4.79 Å². The third-order valence-corrected chi connectivity index (χ3v) is 3.53. The first-order valence-electron chi connectivity index (χ1n) is 6.41. The molecule has 0 aromatic heterocycles. The van der Waals surface area contributed by atoms with Crippen molar-refractivity contribution in [2.45, 2.75) is 25.1 Å². The predicted molar refractivity (Wildman–Crippen MR) is 78.8 cm³/mol. The number of carboxylic acid groups (broad SMARTS) is 1. The molecule has 1 amide bonds. The molecule has 0 unspecified atom stereocenters. The van der Waals surface area contributed by atoms with Crippen LogP contribution in [0.25, 0.3) is 0 Å². The molecule has 20 heavy (non-hydrogen) atoms. The lowest BCUT2D eigenvalue weighted by Crippen LogP contribution is -2.42.